The molecule has 1 aromatic carbocycles. The molecule has 0 atom stereocenters. The van der Waals surface area contributed by atoms with Crippen LogP contribution in [-0.2, 0) is 20.6 Å². The van der Waals surface area contributed by atoms with Crippen molar-refractivity contribution in [1.29, 1.82) is 0 Å². The fraction of sp³-hybridized carbons (Fsp3) is 0.312. The minimum Gasteiger partial charge on any atom is -0.351 e. The normalized spacial score (nSPS) is 11.0. The highest BCUT2D eigenvalue weighted by Gasteiger charge is 2.13. The van der Waals surface area contributed by atoms with Gasteiger partial charge in [-0.25, -0.2) is 9.48 Å². The molecule has 0 bridgehead atoms. The average molecular weight is 342 g/mol. The van der Waals surface area contributed by atoms with Gasteiger partial charge in [-0.3, -0.25) is 18.7 Å². The van der Waals surface area contributed by atoms with E-state index in [0.717, 1.165) is 26.2 Å². The molecule has 0 saturated carbocycles. The van der Waals surface area contributed by atoms with Crippen LogP contribution in [0.1, 0.15) is 16.9 Å². The van der Waals surface area contributed by atoms with Crippen molar-refractivity contribution >= 4 is 16.9 Å². The van der Waals surface area contributed by atoms with E-state index in [1.165, 1.54) is 14.1 Å². The Balaban J connectivity index is 1.62. The minimum absolute atomic E-state index is 0.0410. The number of fused-ring (bicyclic) bond motifs is 1. The summed E-state index contributed by atoms with van der Waals surface area (Å²) in [6.45, 7) is 0.979. The number of nitrogens with zero attached hydrogens (tertiary/aromatic N) is 5. The van der Waals surface area contributed by atoms with Crippen molar-refractivity contribution in [3.05, 3.63) is 56.9 Å². The van der Waals surface area contributed by atoms with Gasteiger partial charge in [0.2, 0.25) is 0 Å². The first kappa shape index (κ1) is 16.6. The predicted molar refractivity (Wildman–Crippen MR) is 91.4 cm³/mol. The second-order valence-corrected chi connectivity index (χ2v) is 5.68. The van der Waals surface area contributed by atoms with Gasteiger partial charge in [-0.1, -0.05) is 17.3 Å². The van der Waals surface area contributed by atoms with E-state index in [-0.39, 0.29) is 5.69 Å². The highest BCUT2D eigenvalue weighted by molar-refractivity contribution is 5.92. The smallest absolute Gasteiger partial charge is 0.331 e. The number of benzene rings is 1. The SMILES string of the molecule is Cn1c(C(=O)NCCCn2nnc3ccccc32)cc(=O)n(C)c1=O. The minimum atomic E-state index is -0.535. The van der Waals surface area contributed by atoms with Gasteiger partial charge >= 0.3 is 5.69 Å². The molecule has 0 fully saturated rings. The monoisotopic (exact) mass is 342 g/mol. The molecule has 3 aromatic rings. The van der Waals surface area contributed by atoms with Gasteiger partial charge in [-0.15, -0.1) is 5.10 Å². The third kappa shape index (κ3) is 3.21. The summed E-state index contributed by atoms with van der Waals surface area (Å²) in [6.07, 6.45) is 0.637. The first-order chi connectivity index (χ1) is 12.0. The first-order valence-corrected chi connectivity index (χ1v) is 7.82. The summed E-state index contributed by atoms with van der Waals surface area (Å²) < 4.78 is 3.88. The van der Waals surface area contributed by atoms with Gasteiger partial charge in [0.05, 0.1) is 5.52 Å². The van der Waals surface area contributed by atoms with E-state index in [4.69, 9.17) is 0 Å². The maximum absolute atomic E-state index is 12.2. The zero-order valence-electron chi connectivity index (χ0n) is 14.0. The summed E-state index contributed by atoms with van der Waals surface area (Å²) >= 11 is 0. The molecule has 0 aliphatic carbocycles. The number of aromatic nitrogens is 5. The van der Waals surface area contributed by atoms with Gasteiger partial charge in [-0.05, 0) is 18.6 Å². The van der Waals surface area contributed by atoms with Gasteiger partial charge in [-0.2, -0.15) is 0 Å². The van der Waals surface area contributed by atoms with Crippen molar-refractivity contribution in [2.45, 2.75) is 13.0 Å². The van der Waals surface area contributed by atoms with Gasteiger partial charge in [0, 0.05) is 33.3 Å². The average Bonchev–Trinajstić information content (AvgIpc) is 3.03. The van der Waals surface area contributed by atoms with Crippen molar-refractivity contribution in [3.8, 4) is 0 Å². The van der Waals surface area contributed by atoms with Crippen molar-refractivity contribution in [1.82, 2.24) is 29.4 Å². The number of hydrogen-bond donors (Lipinski definition) is 1. The molecule has 2 aromatic heterocycles. The summed E-state index contributed by atoms with van der Waals surface area (Å²) in [6, 6.07) is 8.79. The highest BCUT2D eigenvalue weighted by Crippen LogP contribution is 2.09. The Morgan fingerprint density at radius 2 is 1.92 bits per heavy atom. The third-order valence-corrected chi connectivity index (χ3v) is 4.01. The third-order valence-electron chi connectivity index (χ3n) is 4.01. The Morgan fingerprint density at radius 3 is 2.72 bits per heavy atom. The molecule has 3 rings (SSSR count). The molecule has 2 heterocycles. The van der Waals surface area contributed by atoms with E-state index in [0.29, 0.717) is 19.5 Å². The van der Waals surface area contributed by atoms with Gasteiger partial charge in [0.25, 0.3) is 11.5 Å². The second-order valence-electron chi connectivity index (χ2n) is 5.68. The van der Waals surface area contributed by atoms with Crippen molar-refractivity contribution < 1.29 is 4.79 Å². The number of amides is 1. The van der Waals surface area contributed by atoms with Crippen LogP contribution in [-0.4, -0.2) is 36.6 Å². The van der Waals surface area contributed by atoms with E-state index in [1.807, 2.05) is 24.3 Å². The Morgan fingerprint density at radius 1 is 1.16 bits per heavy atom. The Labute approximate surface area is 142 Å². The fourth-order valence-corrected chi connectivity index (χ4v) is 2.55. The molecule has 25 heavy (non-hydrogen) atoms. The molecule has 0 aliphatic heterocycles. The Hall–Kier alpha value is -3.23. The van der Waals surface area contributed by atoms with E-state index in [2.05, 4.69) is 15.6 Å². The lowest BCUT2D eigenvalue weighted by atomic mass is 10.3. The van der Waals surface area contributed by atoms with Crippen LogP contribution in [0.15, 0.2) is 39.9 Å². The maximum atomic E-state index is 12.2. The van der Waals surface area contributed by atoms with Crippen LogP contribution in [0, 0.1) is 0 Å². The second kappa shape index (κ2) is 6.71. The van der Waals surface area contributed by atoms with Crippen LogP contribution in [0.4, 0.5) is 0 Å². The molecule has 0 saturated heterocycles. The number of rotatable bonds is 5. The van der Waals surface area contributed by atoms with Crippen LogP contribution >= 0.6 is 0 Å². The molecular formula is C16H18N6O3. The van der Waals surface area contributed by atoms with Gasteiger partial charge < -0.3 is 5.32 Å². The predicted octanol–water partition coefficient (Wildman–Crippen LogP) is -0.351. The van der Waals surface area contributed by atoms with Crippen molar-refractivity contribution in [2.24, 2.45) is 14.1 Å². The lowest BCUT2D eigenvalue weighted by Crippen LogP contribution is -2.41. The van der Waals surface area contributed by atoms with Gasteiger partial charge in [0.15, 0.2) is 0 Å². The molecule has 130 valence electrons. The number of aryl methyl sites for hydroxylation is 1. The number of para-hydroxylation sites is 1. The van der Waals surface area contributed by atoms with E-state index < -0.39 is 17.2 Å². The van der Waals surface area contributed by atoms with Crippen LogP contribution in [0.25, 0.3) is 11.0 Å². The first-order valence-electron chi connectivity index (χ1n) is 7.82. The zero-order chi connectivity index (χ0) is 18.0. The standard InChI is InChI=1S/C16H18N6O3/c1-20-13(10-14(23)21(2)16(20)25)15(24)17-8-5-9-22-12-7-4-3-6-11(12)18-19-22/h3-4,6-7,10H,5,8-9H2,1-2H3,(H,17,24). The van der Waals surface area contributed by atoms with E-state index >= 15 is 0 Å². The Kier molecular flexibility index (Phi) is 4.46. The van der Waals surface area contributed by atoms with Crippen LogP contribution in [0.5, 0.6) is 0 Å². The zero-order valence-corrected chi connectivity index (χ0v) is 14.0. The highest BCUT2D eigenvalue weighted by atomic mass is 16.2. The topological polar surface area (TPSA) is 104 Å². The molecule has 0 spiro atoms. The number of nitrogens with one attached hydrogen (secondary N) is 1. The summed E-state index contributed by atoms with van der Waals surface area (Å²) in [4.78, 5) is 35.7. The summed E-state index contributed by atoms with van der Waals surface area (Å²) in [5.41, 5.74) is 0.748. The summed E-state index contributed by atoms with van der Waals surface area (Å²) in [5.74, 6) is -0.458. The largest absolute Gasteiger partial charge is 0.351 e. The molecular weight excluding hydrogens is 324 g/mol. The van der Waals surface area contributed by atoms with E-state index in [1.54, 1.807) is 4.68 Å². The molecule has 0 aliphatic rings. The van der Waals surface area contributed by atoms with Gasteiger partial charge in [0.1, 0.15) is 11.2 Å². The number of hydrogen-bond acceptors (Lipinski definition) is 5. The Bertz CT molecular complexity index is 1050. The lowest BCUT2D eigenvalue weighted by molar-refractivity contribution is 0.0942. The molecule has 0 radical (unpaired) electrons. The molecule has 1 amide bonds. The molecule has 9 nitrogen and oxygen atoms in total. The molecule has 0 unspecified atom stereocenters. The quantitative estimate of drug-likeness (QED) is 0.638. The molecule has 1 N–H and O–H groups in total. The van der Waals surface area contributed by atoms with Crippen LogP contribution < -0.4 is 16.6 Å². The number of carbonyl (C=O) groups is 1. The number of carbonyl (C=O) groups excluding carboxylic acids is 1. The lowest BCUT2D eigenvalue weighted by Gasteiger charge is -2.10. The summed E-state index contributed by atoms with van der Waals surface area (Å²) in [5, 5.41) is 10.9. The van der Waals surface area contributed by atoms with Crippen molar-refractivity contribution in [3.63, 3.8) is 0 Å². The molecule has 9 heteroatoms. The maximum Gasteiger partial charge on any atom is 0.331 e. The summed E-state index contributed by atoms with van der Waals surface area (Å²) in [7, 11) is 2.83. The van der Waals surface area contributed by atoms with Crippen LogP contribution in [0.3, 0.4) is 0 Å². The van der Waals surface area contributed by atoms with Crippen LogP contribution in [0.2, 0.25) is 0 Å². The van der Waals surface area contributed by atoms with E-state index in [9.17, 15) is 14.4 Å². The van der Waals surface area contributed by atoms with Crippen molar-refractivity contribution in [2.75, 3.05) is 6.54 Å². The fourth-order valence-electron chi connectivity index (χ4n) is 2.55.